The predicted octanol–water partition coefficient (Wildman–Crippen LogP) is 3.37. The molecule has 110 valence electrons. The lowest BCUT2D eigenvalue weighted by Gasteiger charge is -2.12. The molecule has 0 amide bonds. The Morgan fingerprint density at radius 3 is 2.40 bits per heavy atom. The number of Topliss-reactive ketones (excluding diaryl/α,β-unsaturated/α-hetero) is 1. The highest BCUT2D eigenvalue weighted by atomic mass is 19.4. The van der Waals surface area contributed by atoms with E-state index >= 15 is 0 Å². The number of benzene rings is 1. The van der Waals surface area contributed by atoms with Gasteiger partial charge in [0.2, 0.25) is 0 Å². The van der Waals surface area contributed by atoms with Crippen molar-refractivity contribution in [2.45, 2.75) is 25.4 Å². The molecule has 0 spiro atoms. The maximum Gasteiger partial charge on any atom is 0.417 e. The molecule has 0 saturated heterocycles. The van der Waals surface area contributed by atoms with Crippen molar-refractivity contribution >= 4 is 11.8 Å². The van der Waals surface area contributed by atoms with E-state index in [2.05, 4.69) is 4.74 Å². The van der Waals surface area contributed by atoms with E-state index in [1.165, 1.54) is 7.11 Å². The number of ketones is 1. The highest BCUT2D eigenvalue weighted by Crippen LogP contribution is 2.33. The number of carbonyl (C=O) groups is 2. The first-order valence-electron chi connectivity index (χ1n) is 5.72. The number of esters is 1. The van der Waals surface area contributed by atoms with E-state index < -0.39 is 34.9 Å². The minimum Gasteiger partial charge on any atom is -0.469 e. The molecule has 0 aliphatic carbocycles. The Labute approximate surface area is 112 Å². The van der Waals surface area contributed by atoms with Crippen LogP contribution in [-0.4, -0.2) is 18.9 Å². The molecule has 1 aromatic carbocycles. The minimum atomic E-state index is -4.81. The molecule has 1 aromatic rings. The number of carbonyl (C=O) groups excluding carboxylic acids is 2. The zero-order valence-electron chi connectivity index (χ0n) is 10.6. The van der Waals surface area contributed by atoms with Crippen LogP contribution in [0.4, 0.5) is 17.6 Å². The number of alkyl halides is 3. The van der Waals surface area contributed by atoms with Gasteiger partial charge in [-0.3, -0.25) is 9.59 Å². The van der Waals surface area contributed by atoms with Crippen molar-refractivity contribution in [3.63, 3.8) is 0 Å². The molecule has 0 unspecified atom stereocenters. The second kappa shape index (κ2) is 6.49. The van der Waals surface area contributed by atoms with Crippen LogP contribution >= 0.6 is 0 Å². The molecule has 0 heterocycles. The molecule has 0 N–H and O–H groups in total. The molecular formula is C13H12F4O3. The third kappa shape index (κ3) is 4.32. The van der Waals surface area contributed by atoms with Gasteiger partial charge >= 0.3 is 12.1 Å². The summed E-state index contributed by atoms with van der Waals surface area (Å²) in [6.07, 6.45) is -5.05. The van der Waals surface area contributed by atoms with Gasteiger partial charge in [0.05, 0.1) is 12.7 Å². The Balaban J connectivity index is 2.85. The summed E-state index contributed by atoms with van der Waals surface area (Å²) in [5.41, 5.74) is -1.90. The van der Waals surface area contributed by atoms with Crippen LogP contribution in [0.1, 0.15) is 35.2 Å². The smallest absolute Gasteiger partial charge is 0.417 e. The van der Waals surface area contributed by atoms with Gasteiger partial charge in [0.15, 0.2) is 5.78 Å². The standard InChI is InChI=1S/C13H12F4O3/c1-20-12(19)4-2-3-11(18)9-6-5-8(14)7-10(9)13(15,16)17/h5-7H,2-4H2,1H3. The first-order valence-corrected chi connectivity index (χ1v) is 5.72. The fourth-order valence-electron chi connectivity index (χ4n) is 1.62. The van der Waals surface area contributed by atoms with E-state index in [0.717, 1.165) is 12.1 Å². The first kappa shape index (κ1) is 16.1. The summed E-state index contributed by atoms with van der Waals surface area (Å²) in [6, 6.07) is 1.88. The van der Waals surface area contributed by atoms with Gasteiger partial charge in [-0.15, -0.1) is 0 Å². The lowest BCUT2D eigenvalue weighted by Crippen LogP contribution is -2.14. The normalized spacial score (nSPS) is 11.2. The quantitative estimate of drug-likeness (QED) is 0.475. The van der Waals surface area contributed by atoms with Crippen LogP contribution in [0.2, 0.25) is 0 Å². The molecule has 0 radical (unpaired) electrons. The third-order valence-electron chi connectivity index (χ3n) is 2.60. The Morgan fingerprint density at radius 1 is 1.20 bits per heavy atom. The highest BCUT2D eigenvalue weighted by Gasteiger charge is 2.35. The van der Waals surface area contributed by atoms with Crippen LogP contribution in [0.25, 0.3) is 0 Å². The average molecular weight is 292 g/mol. The van der Waals surface area contributed by atoms with Gasteiger partial charge < -0.3 is 4.74 Å². The number of hydrogen-bond acceptors (Lipinski definition) is 3. The van der Waals surface area contributed by atoms with Crippen molar-refractivity contribution in [3.05, 3.63) is 35.1 Å². The lowest BCUT2D eigenvalue weighted by atomic mass is 9.99. The highest BCUT2D eigenvalue weighted by molar-refractivity contribution is 5.97. The van der Waals surface area contributed by atoms with Crippen molar-refractivity contribution in [2.24, 2.45) is 0 Å². The topological polar surface area (TPSA) is 43.4 Å². The molecule has 0 fully saturated rings. The summed E-state index contributed by atoms with van der Waals surface area (Å²) < 4.78 is 55.3. The minimum absolute atomic E-state index is 0.0647. The molecule has 0 saturated carbocycles. The summed E-state index contributed by atoms with van der Waals surface area (Å²) in [6.45, 7) is 0. The summed E-state index contributed by atoms with van der Waals surface area (Å²) in [7, 11) is 1.17. The van der Waals surface area contributed by atoms with E-state index in [0.29, 0.717) is 0 Å². The van der Waals surface area contributed by atoms with Crippen LogP contribution in [0, 0.1) is 5.82 Å². The average Bonchev–Trinajstić information content (AvgIpc) is 2.37. The number of ether oxygens (including phenoxy) is 1. The summed E-state index contributed by atoms with van der Waals surface area (Å²) in [5, 5.41) is 0. The first-order chi connectivity index (χ1) is 9.25. The fourth-order valence-corrected chi connectivity index (χ4v) is 1.62. The Morgan fingerprint density at radius 2 is 1.85 bits per heavy atom. The summed E-state index contributed by atoms with van der Waals surface area (Å²) >= 11 is 0. The van der Waals surface area contributed by atoms with E-state index in [4.69, 9.17) is 0 Å². The predicted molar refractivity (Wildman–Crippen MR) is 61.6 cm³/mol. The summed E-state index contributed by atoms with van der Waals surface area (Å²) in [4.78, 5) is 22.6. The Bertz CT molecular complexity index is 509. The van der Waals surface area contributed by atoms with Gasteiger partial charge in [0.25, 0.3) is 0 Å². The molecule has 0 aromatic heterocycles. The van der Waals surface area contributed by atoms with Crippen molar-refractivity contribution in [1.29, 1.82) is 0 Å². The van der Waals surface area contributed by atoms with Gasteiger partial charge in [-0.2, -0.15) is 13.2 Å². The molecule has 20 heavy (non-hydrogen) atoms. The number of halogens is 4. The zero-order chi connectivity index (χ0) is 15.3. The molecule has 0 aliphatic rings. The Kier molecular flexibility index (Phi) is 5.24. The third-order valence-corrected chi connectivity index (χ3v) is 2.60. The molecule has 0 aliphatic heterocycles. The molecule has 3 nitrogen and oxygen atoms in total. The van der Waals surface area contributed by atoms with Gasteiger partial charge in [0, 0.05) is 18.4 Å². The van der Waals surface area contributed by atoms with Gasteiger partial charge in [-0.25, -0.2) is 4.39 Å². The Hall–Kier alpha value is -1.92. The van der Waals surface area contributed by atoms with Crippen molar-refractivity contribution in [3.8, 4) is 0 Å². The van der Waals surface area contributed by atoms with Crippen LogP contribution in [0.15, 0.2) is 18.2 Å². The lowest BCUT2D eigenvalue weighted by molar-refractivity contribution is -0.141. The number of rotatable bonds is 5. The van der Waals surface area contributed by atoms with Crippen LogP contribution < -0.4 is 0 Å². The molecule has 1 rings (SSSR count). The number of hydrogen-bond donors (Lipinski definition) is 0. The van der Waals surface area contributed by atoms with Crippen LogP contribution in [-0.2, 0) is 15.7 Å². The molecule has 7 heteroatoms. The zero-order valence-corrected chi connectivity index (χ0v) is 10.6. The maximum absolute atomic E-state index is 12.9. The number of methoxy groups -OCH3 is 1. The van der Waals surface area contributed by atoms with Crippen molar-refractivity contribution < 1.29 is 31.9 Å². The van der Waals surface area contributed by atoms with Crippen LogP contribution in [0.5, 0.6) is 0 Å². The van der Waals surface area contributed by atoms with Crippen LogP contribution in [0.3, 0.4) is 0 Å². The van der Waals surface area contributed by atoms with E-state index in [9.17, 15) is 27.2 Å². The molecule has 0 atom stereocenters. The van der Waals surface area contributed by atoms with E-state index in [1.807, 2.05) is 0 Å². The van der Waals surface area contributed by atoms with E-state index in [-0.39, 0.29) is 25.3 Å². The van der Waals surface area contributed by atoms with Gasteiger partial charge in [-0.05, 0) is 24.6 Å². The summed E-state index contributed by atoms with van der Waals surface area (Å²) in [5.74, 6) is -2.40. The molecular weight excluding hydrogens is 280 g/mol. The van der Waals surface area contributed by atoms with Crippen molar-refractivity contribution in [2.75, 3.05) is 7.11 Å². The van der Waals surface area contributed by atoms with Gasteiger partial charge in [0.1, 0.15) is 5.82 Å². The van der Waals surface area contributed by atoms with Gasteiger partial charge in [-0.1, -0.05) is 0 Å². The van der Waals surface area contributed by atoms with Crippen molar-refractivity contribution in [1.82, 2.24) is 0 Å². The second-order valence-electron chi connectivity index (χ2n) is 4.04. The van der Waals surface area contributed by atoms with E-state index in [1.54, 1.807) is 0 Å². The maximum atomic E-state index is 12.9. The SMILES string of the molecule is COC(=O)CCCC(=O)c1ccc(F)cc1C(F)(F)F. The largest absolute Gasteiger partial charge is 0.469 e. The fraction of sp³-hybridized carbons (Fsp3) is 0.385. The second-order valence-corrected chi connectivity index (χ2v) is 4.04. The monoisotopic (exact) mass is 292 g/mol. The molecule has 0 bridgehead atoms.